The summed E-state index contributed by atoms with van der Waals surface area (Å²) >= 11 is 0. The summed E-state index contributed by atoms with van der Waals surface area (Å²) in [5.74, 6) is 0.545. The van der Waals surface area contributed by atoms with Crippen LogP contribution in [0.15, 0.2) is 12.4 Å². The molecule has 0 aromatic carbocycles. The van der Waals surface area contributed by atoms with Crippen LogP contribution in [0.2, 0.25) is 0 Å². The van der Waals surface area contributed by atoms with Crippen LogP contribution in [0.4, 0.5) is 0 Å². The SMILES string of the molecule is COc1nc(B(O)O)cn2c(C(C)C)cnc12. The minimum Gasteiger partial charge on any atom is -0.478 e. The molecule has 17 heavy (non-hydrogen) atoms. The highest BCUT2D eigenvalue weighted by Gasteiger charge is 2.19. The van der Waals surface area contributed by atoms with Crippen molar-refractivity contribution in [1.82, 2.24) is 14.4 Å². The molecule has 0 unspecified atom stereocenters. The van der Waals surface area contributed by atoms with Gasteiger partial charge in [0.1, 0.15) is 0 Å². The van der Waals surface area contributed by atoms with Crippen LogP contribution in [0, 0.1) is 0 Å². The second kappa shape index (κ2) is 4.35. The van der Waals surface area contributed by atoms with Gasteiger partial charge in [0.2, 0.25) is 5.65 Å². The predicted octanol–water partition coefficient (Wildman–Crippen LogP) is -0.459. The van der Waals surface area contributed by atoms with Crippen molar-refractivity contribution in [2.75, 3.05) is 7.11 Å². The number of methoxy groups -OCH3 is 1. The van der Waals surface area contributed by atoms with Crippen molar-refractivity contribution in [2.24, 2.45) is 0 Å². The summed E-state index contributed by atoms with van der Waals surface area (Å²) < 4.78 is 6.86. The Kier molecular flexibility index (Phi) is 3.04. The molecular formula is C10H14BN3O3. The minimum absolute atomic E-state index is 0.134. The first-order valence-corrected chi connectivity index (χ1v) is 5.32. The molecule has 90 valence electrons. The lowest BCUT2D eigenvalue weighted by Crippen LogP contribution is -2.34. The lowest BCUT2D eigenvalue weighted by Gasteiger charge is -2.09. The van der Waals surface area contributed by atoms with Crippen LogP contribution in [0.3, 0.4) is 0 Å². The Bertz CT molecular complexity index is 539. The molecule has 0 saturated carbocycles. The fourth-order valence-corrected chi connectivity index (χ4v) is 1.68. The molecule has 2 heterocycles. The summed E-state index contributed by atoms with van der Waals surface area (Å²) in [6, 6.07) is 0. The molecule has 0 aliphatic heterocycles. The summed E-state index contributed by atoms with van der Waals surface area (Å²) in [5, 5.41) is 18.3. The zero-order valence-electron chi connectivity index (χ0n) is 9.95. The minimum atomic E-state index is -1.63. The van der Waals surface area contributed by atoms with Crippen LogP contribution >= 0.6 is 0 Å². The molecule has 2 N–H and O–H groups in total. The van der Waals surface area contributed by atoms with E-state index in [9.17, 15) is 10.0 Å². The molecule has 0 radical (unpaired) electrons. The van der Waals surface area contributed by atoms with Gasteiger partial charge in [0.25, 0.3) is 5.88 Å². The van der Waals surface area contributed by atoms with Crippen LogP contribution < -0.4 is 10.3 Å². The van der Waals surface area contributed by atoms with Gasteiger partial charge in [0.15, 0.2) is 0 Å². The quantitative estimate of drug-likeness (QED) is 0.703. The normalized spacial score (nSPS) is 11.2. The topological polar surface area (TPSA) is 79.9 Å². The highest BCUT2D eigenvalue weighted by Crippen LogP contribution is 2.20. The first kappa shape index (κ1) is 11.9. The van der Waals surface area contributed by atoms with Crippen molar-refractivity contribution < 1.29 is 14.8 Å². The van der Waals surface area contributed by atoms with Crippen LogP contribution in [0.1, 0.15) is 25.5 Å². The third-order valence-corrected chi connectivity index (χ3v) is 2.56. The predicted molar refractivity (Wildman–Crippen MR) is 63.5 cm³/mol. The Labute approximate surface area is 99.0 Å². The van der Waals surface area contributed by atoms with Gasteiger partial charge < -0.3 is 14.8 Å². The second-order valence-electron chi connectivity index (χ2n) is 4.08. The third-order valence-electron chi connectivity index (χ3n) is 2.56. The number of aromatic nitrogens is 3. The molecule has 0 bridgehead atoms. The second-order valence-corrected chi connectivity index (χ2v) is 4.08. The van der Waals surface area contributed by atoms with E-state index in [1.165, 1.54) is 7.11 Å². The fourth-order valence-electron chi connectivity index (χ4n) is 1.68. The maximum absolute atomic E-state index is 9.17. The average molecular weight is 235 g/mol. The summed E-state index contributed by atoms with van der Waals surface area (Å²) in [7, 11) is -0.157. The van der Waals surface area contributed by atoms with Gasteiger partial charge in [0.05, 0.1) is 12.7 Å². The summed E-state index contributed by atoms with van der Waals surface area (Å²) in [6.45, 7) is 4.07. The molecule has 2 rings (SSSR count). The van der Waals surface area contributed by atoms with Crippen LogP contribution in [-0.4, -0.2) is 38.6 Å². The highest BCUT2D eigenvalue weighted by molar-refractivity contribution is 6.57. The Morgan fingerprint density at radius 2 is 2.12 bits per heavy atom. The van der Waals surface area contributed by atoms with E-state index in [-0.39, 0.29) is 17.4 Å². The summed E-state index contributed by atoms with van der Waals surface area (Å²) in [5.41, 5.74) is 1.66. The molecule has 0 atom stereocenters. The van der Waals surface area contributed by atoms with Crippen LogP contribution in [-0.2, 0) is 0 Å². The summed E-state index contributed by atoms with van der Waals surface area (Å²) in [6.07, 6.45) is 3.29. The van der Waals surface area contributed by atoms with Crippen molar-refractivity contribution in [3.05, 3.63) is 18.1 Å². The maximum Gasteiger partial charge on any atom is 0.509 e. The number of rotatable bonds is 3. The van der Waals surface area contributed by atoms with Gasteiger partial charge in [-0.3, -0.25) is 4.40 Å². The Hall–Kier alpha value is -1.60. The first-order valence-electron chi connectivity index (χ1n) is 5.32. The monoisotopic (exact) mass is 235 g/mol. The van der Waals surface area contributed by atoms with Gasteiger partial charge in [-0.25, -0.2) is 9.97 Å². The Morgan fingerprint density at radius 1 is 1.41 bits per heavy atom. The highest BCUT2D eigenvalue weighted by atomic mass is 16.5. The molecule has 0 aliphatic rings. The number of hydrogen-bond donors (Lipinski definition) is 2. The molecule has 0 amide bonds. The van der Waals surface area contributed by atoms with E-state index in [4.69, 9.17) is 4.74 Å². The fraction of sp³-hybridized carbons (Fsp3) is 0.400. The molecule has 0 saturated heterocycles. The van der Waals surface area contributed by atoms with Crippen LogP contribution in [0.5, 0.6) is 5.88 Å². The van der Waals surface area contributed by atoms with Crippen molar-refractivity contribution in [1.29, 1.82) is 0 Å². The lowest BCUT2D eigenvalue weighted by atomic mass is 9.87. The van der Waals surface area contributed by atoms with Crippen molar-refractivity contribution in [3.8, 4) is 5.88 Å². The summed E-state index contributed by atoms with van der Waals surface area (Å²) in [4.78, 5) is 8.21. The van der Waals surface area contributed by atoms with E-state index in [1.54, 1.807) is 16.8 Å². The zero-order chi connectivity index (χ0) is 12.6. The van der Waals surface area contributed by atoms with Gasteiger partial charge in [-0.2, -0.15) is 0 Å². The number of ether oxygens (including phenoxy) is 1. The van der Waals surface area contributed by atoms with E-state index < -0.39 is 7.12 Å². The van der Waals surface area contributed by atoms with Crippen molar-refractivity contribution >= 4 is 18.4 Å². The molecule has 6 nitrogen and oxygen atoms in total. The number of nitrogens with zero attached hydrogens (tertiary/aromatic N) is 3. The van der Waals surface area contributed by atoms with E-state index in [2.05, 4.69) is 9.97 Å². The van der Waals surface area contributed by atoms with Gasteiger partial charge in [-0.1, -0.05) is 13.8 Å². The largest absolute Gasteiger partial charge is 0.509 e. The molecular weight excluding hydrogens is 221 g/mol. The smallest absolute Gasteiger partial charge is 0.478 e. The van der Waals surface area contributed by atoms with E-state index >= 15 is 0 Å². The Morgan fingerprint density at radius 3 is 2.65 bits per heavy atom. The van der Waals surface area contributed by atoms with Crippen LogP contribution in [0.25, 0.3) is 5.65 Å². The van der Waals surface area contributed by atoms with E-state index in [0.29, 0.717) is 5.65 Å². The van der Waals surface area contributed by atoms with Gasteiger partial charge in [-0.05, 0) is 5.92 Å². The van der Waals surface area contributed by atoms with E-state index in [0.717, 1.165) is 5.69 Å². The molecule has 0 spiro atoms. The van der Waals surface area contributed by atoms with Crippen molar-refractivity contribution in [3.63, 3.8) is 0 Å². The molecule has 7 heteroatoms. The van der Waals surface area contributed by atoms with Gasteiger partial charge >= 0.3 is 7.12 Å². The average Bonchev–Trinajstić information content (AvgIpc) is 2.70. The van der Waals surface area contributed by atoms with Crippen molar-refractivity contribution in [2.45, 2.75) is 19.8 Å². The van der Waals surface area contributed by atoms with Gasteiger partial charge in [0, 0.05) is 18.1 Å². The van der Waals surface area contributed by atoms with Gasteiger partial charge in [-0.15, -0.1) is 0 Å². The zero-order valence-corrected chi connectivity index (χ0v) is 9.95. The molecule has 0 fully saturated rings. The Balaban J connectivity index is 2.72. The van der Waals surface area contributed by atoms with E-state index in [1.807, 2.05) is 13.8 Å². The molecule has 0 aliphatic carbocycles. The third kappa shape index (κ3) is 1.99. The number of hydrogen-bond acceptors (Lipinski definition) is 5. The number of fused-ring (bicyclic) bond motifs is 1. The maximum atomic E-state index is 9.17. The molecule has 2 aromatic rings. The first-order chi connectivity index (χ1) is 8.04. The molecule has 2 aromatic heterocycles. The lowest BCUT2D eigenvalue weighted by molar-refractivity contribution is 0.396. The number of imidazole rings is 1. The standard InChI is InChI=1S/C10H14BN3O3/c1-6(2)7-4-12-9-10(17-3)13-8(11(15)16)5-14(7)9/h4-6,15-16H,1-3H3.